The fourth-order valence-corrected chi connectivity index (χ4v) is 8.87. The van der Waals surface area contributed by atoms with E-state index in [0.29, 0.717) is 19.3 Å². The van der Waals surface area contributed by atoms with Crippen LogP contribution in [0.2, 0.25) is 0 Å². The molecule has 0 N–H and O–H groups in total. The maximum Gasteiger partial charge on any atom is 0.306 e. The molecule has 0 radical (unpaired) electrons. The molecule has 0 amide bonds. The third-order valence-corrected chi connectivity index (χ3v) is 13.2. The molecule has 64 heavy (non-hydrogen) atoms. The number of unbranched alkanes of at least 4 members (excludes halogenated alkanes) is 37. The fraction of sp³-hybridized carbons (Fsp3) is 0.948. The highest BCUT2D eigenvalue weighted by Crippen LogP contribution is 2.18. The molecule has 0 rings (SSSR count). The molecule has 0 aliphatic rings. The van der Waals surface area contributed by atoms with Crippen LogP contribution in [0.5, 0.6) is 0 Å². The molecule has 0 heterocycles. The van der Waals surface area contributed by atoms with E-state index in [1.54, 1.807) is 0 Å². The Morgan fingerprint density at radius 1 is 0.297 bits per heavy atom. The summed E-state index contributed by atoms with van der Waals surface area (Å²) in [4.78, 5) is 38.1. The fourth-order valence-electron chi connectivity index (χ4n) is 8.87. The van der Waals surface area contributed by atoms with E-state index in [9.17, 15) is 14.4 Å². The van der Waals surface area contributed by atoms with Gasteiger partial charge in [0.15, 0.2) is 6.10 Å². The summed E-state index contributed by atoms with van der Waals surface area (Å²) in [5.74, 6) is 0.818. The monoisotopic (exact) mass is 905 g/mol. The van der Waals surface area contributed by atoms with Gasteiger partial charge >= 0.3 is 17.9 Å². The quantitative estimate of drug-likeness (QED) is 0.0344. The zero-order valence-corrected chi connectivity index (χ0v) is 43.9. The Morgan fingerprint density at radius 2 is 0.516 bits per heavy atom. The second-order valence-corrected chi connectivity index (χ2v) is 20.9. The molecular weight excluding hydrogens is 793 g/mol. The lowest BCUT2D eigenvalue weighted by molar-refractivity contribution is -0.167. The SMILES string of the molecule is CCCCCCCCCCCCCCCCCC(=O)OC[C@H](COC(=O)CCCCCCCCCCCCCCCCCCC(C)C)OC(=O)CCCCCCCCCCCC(C)C. The Hall–Kier alpha value is -1.59. The number of hydrogen-bond donors (Lipinski definition) is 0. The van der Waals surface area contributed by atoms with E-state index in [1.165, 1.54) is 212 Å². The van der Waals surface area contributed by atoms with Gasteiger partial charge in [-0.25, -0.2) is 0 Å². The first-order valence-corrected chi connectivity index (χ1v) is 28.7. The van der Waals surface area contributed by atoms with Crippen molar-refractivity contribution in [2.24, 2.45) is 11.8 Å². The predicted octanol–water partition coefficient (Wildman–Crippen LogP) is 18.9. The summed E-state index contributed by atoms with van der Waals surface area (Å²) in [6.45, 7) is 11.4. The molecule has 0 spiro atoms. The van der Waals surface area contributed by atoms with Crippen molar-refractivity contribution in [1.82, 2.24) is 0 Å². The second kappa shape index (κ2) is 50.8. The minimum absolute atomic E-state index is 0.0631. The Balaban J connectivity index is 4.25. The molecule has 0 unspecified atom stereocenters. The second-order valence-electron chi connectivity index (χ2n) is 20.9. The van der Waals surface area contributed by atoms with E-state index in [2.05, 4.69) is 34.6 Å². The zero-order valence-electron chi connectivity index (χ0n) is 43.9. The highest BCUT2D eigenvalue weighted by molar-refractivity contribution is 5.71. The van der Waals surface area contributed by atoms with Crippen LogP contribution in [0.1, 0.15) is 324 Å². The zero-order chi connectivity index (χ0) is 46.8. The summed E-state index contributed by atoms with van der Waals surface area (Å²) in [5.41, 5.74) is 0. The van der Waals surface area contributed by atoms with Gasteiger partial charge in [0, 0.05) is 19.3 Å². The number of esters is 3. The number of ether oxygens (including phenoxy) is 3. The lowest BCUT2D eigenvalue weighted by atomic mass is 10.0. The minimum atomic E-state index is -0.762. The van der Waals surface area contributed by atoms with Gasteiger partial charge in [0.25, 0.3) is 0 Å². The summed E-state index contributed by atoms with van der Waals surface area (Å²) in [6.07, 6.45) is 53.8. The van der Waals surface area contributed by atoms with Crippen LogP contribution in [0.4, 0.5) is 0 Å². The minimum Gasteiger partial charge on any atom is -0.462 e. The summed E-state index contributed by atoms with van der Waals surface area (Å²) in [6, 6.07) is 0. The molecule has 0 aromatic rings. The largest absolute Gasteiger partial charge is 0.462 e. The van der Waals surface area contributed by atoms with E-state index in [-0.39, 0.29) is 31.1 Å². The lowest BCUT2D eigenvalue weighted by Gasteiger charge is -2.18. The van der Waals surface area contributed by atoms with Crippen LogP contribution >= 0.6 is 0 Å². The van der Waals surface area contributed by atoms with Crippen LogP contribution in [0.15, 0.2) is 0 Å². The smallest absolute Gasteiger partial charge is 0.306 e. The Labute approximate surface area is 399 Å². The van der Waals surface area contributed by atoms with Crippen LogP contribution in [-0.4, -0.2) is 37.2 Å². The molecule has 6 nitrogen and oxygen atoms in total. The molecule has 0 aliphatic heterocycles. The van der Waals surface area contributed by atoms with Gasteiger partial charge in [0.2, 0.25) is 0 Å². The van der Waals surface area contributed by atoms with E-state index < -0.39 is 6.10 Å². The molecule has 0 aliphatic carbocycles. The van der Waals surface area contributed by atoms with Crippen molar-refractivity contribution in [3.63, 3.8) is 0 Å². The van der Waals surface area contributed by atoms with Gasteiger partial charge in [-0.1, -0.05) is 285 Å². The molecule has 6 heteroatoms. The maximum absolute atomic E-state index is 12.8. The van der Waals surface area contributed by atoms with Crippen molar-refractivity contribution in [3.05, 3.63) is 0 Å². The van der Waals surface area contributed by atoms with Crippen molar-refractivity contribution in [1.29, 1.82) is 0 Å². The van der Waals surface area contributed by atoms with Crippen molar-refractivity contribution in [2.75, 3.05) is 13.2 Å². The highest BCUT2D eigenvalue weighted by Gasteiger charge is 2.19. The van der Waals surface area contributed by atoms with Crippen LogP contribution in [-0.2, 0) is 28.6 Å². The predicted molar refractivity (Wildman–Crippen MR) is 275 cm³/mol. The van der Waals surface area contributed by atoms with E-state index in [1.807, 2.05) is 0 Å². The average molecular weight is 906 g/mol. The molecule has 0 saturated heterocycles. The molecular formula is C58H112O6. The first kappa shape index (κ1) is 62.4. The van der Waals surface area contributed by atoms with Crippen molar-refractivity contribution in [3.8, 4) is 0 Å². The molecule has 0 aromatic heterocycles. The average Bonchev–Trinajstić information content (AvgIpc) is 3.27. The summed E-state index contributed by atoms with van der Waals surface area (Å²) in [7, 11) is 0. The van der Waals surface area contributed by atoms with Crippen LogP contribution < -0.4 is 0 Å². The van der Waals surface area contributed by atoms with Crippen LogP contribution in [0.25, 0.3) is 0 Å². The summed E-state index contributed by atoms with van der Waals surface area (Å²) >= 11 is 0. The molecule has 0 fully saturated rings. The molecule has 1 atom stereocenters. The summed E-state index contributed by atoms with van der Waals surface area (Å²) in [5, 5.41) is 0. The van der Waals surface area contributed by atoms with Crippen LogP contribution in [0.3, 0.4) is 0 Å². The normalized spacial score (nSPS) is 12.0. The molecule has 380 valence electrons. The van der Waals surface area contributed by atoms with Crippen molar-refractivity contribution < 1.29 is 28.6 Å². The Kier molecular flexibility index (Phi) is 49.6. The number of carbonyl (C=O) groups is 3. The number of hydrogen-bond acceptors (Lipinski definition) is 6. The maximum atomic E-state index is 12.8. The van der Waals surface area contributed by atoms with Crippen molar-refractivity contribution in [2.45, 2.75) is 330 Å². The van der Waals surface area contributed by atoms with Crippen molar-refractivity contribution >= 4 is 17.9 Å². The van der Waals surface area contributed by atoms with Gasteiger partial charge in [0.1, 0.15) is 13.2 Å². The number of rotatable bonds is 52. The standard InChI is InChI=1S/C58H112O6/c1-6-7-8-9-10-11-12-13-16-20-23-28-33-38-43-48-56(59)62-51-55(64-58(61)50-45-40-35-30-25-27-32-37-42-47-54(4)5)52-63-57(60)49-44-39-34-29-24-21-18-15-14-17-19-22-26-31-36-41-46-53(2)3/h53-55H,6-52H2,1-5H3/t55-/m1/s1. The Bertz CT molecular complexity index is 978. The van der Waals surface area contributed by atoms with Gasteiger partial charge < -0.3 is 14.2 Å². The first-order valence-electron chi connectivity index (χ1n) is 28.7. The summed E-state index contributed by atoms with van der Waals surface area (Å²) < 4.78 is 16.9. The third kappa shape index (κ3) is 51.4. The van der Waals surface area contributed by atoms with E-state index in [0.717, 1.165) is 69.6 Å². The van der Waals surface area contributed by atoms with Gasteiger partial charge in [-0.05, 0) is 31.1 Å². The Morgan fingerprint density at radius 3 is 0.766 bits per heavy atom. The number of carbonyl (C=O) groups excluding carboxylic acids is 3. The molecule has 0 bridgehead atoms. The molecule has 0 aromatic carbocycles. The van der Waals surface area contributed by atoms with Gasteiger partial charge in [0.05, 0.1) is 0 Å². The van der Waals surface area contributed by atoms with Gasteiger partial charge in [-0.2, -0.15) is 0 Å². The highest BCUT2D eigenvalue weighted by atomic mass is 16.6. The topological polar surface area (TPSA) is 78.9 Å². The third-order valence-electron chi connectivity index (χ3n) is 13.2. The van der Waals surface area contributed by atoms with Gasteiger partial charge in [-0.3, -0.25) is 14.4 Å². The lowest BCUT2D eigenvalue weighted by Crippen LogP contribution is -2.30. The molecule has 0 saturated carbocycles. The first-order chi connectivity index (χ1) is 31.2. The van der Waals surface area contributed by atoms with Crippen LogP contribution in [0, 0.1) is 11.8 Å². The van der Waals surface area contributed by atoms with E-state index >= 15 is 0 Å². The van der Waals surface area contributed by atoms with Gasteiger partial charge in [-0.15, -0.1) is 0 Å². The van der Waals surface area contributed by atoms with E-state index in [4.69, 9.17) is 14.2 Å².